The number of nitrogens with zero attached hydrogens (tertiary/aromatic N) is 2. The van der Waals surface area contributed by atoms with Gasteiger partial charge in [-0.15, -0.1) is 0 Å². The molecule has 1 aliphatic heterocycles. The van der Waals surface area contributed by atoms with Gasteiger partial charge >= 0.3 is 12.1 Å². The standard InChI is InChI=1S/C17H30N4O3/c1-20(2)14-10-17(11-14)8-13(9-17)19-15(22)18-12-4-6-21(7-5-12)16(23)24-3/h12-14H,4-11H2,1-3H3,(H2,18,19,22). The highest BCUT2D eigenvalue weighted by Crippen LogP contribution is 2.56. The minimum Gasteiger partial charge on any atom is -0.453 e. The maximum absolute atomic E-state index is 12.1. The van der Waals surface area contributed by atoms with Crippen molar-refractivity contribution >= 4 is 12.1 Å². The summed E-state index contributed by atoms with van der Waals surface area (Å²) in [6.07, 6.45) is 6.05. The summed E-state index contributed by atoms with van der Waals surface area (Å²) >= 11 is 0. The first-order valence-corrected chi connectivity index (χ1v) is 8.97. The van der Waals surface area contributed by atoms with Crippen LogP contribution in [0.15, 0.2) is 0 Å². The van der Waals surface area contributed by atoms with Crippen LogP contribution in [0.5, 0.6) is 0 Å². The molecule has 1 saturated heterocycles. The van der Waals surface area contributed by atoms with Crippen LogP contribution in [0.1, 0.15) is 38.5 Å². The smallest absolute Gasteiger partial charge is 0.409 e. The molecule has 2 saturated carbocycles. The number of amides is 3. The molecule has 2 aliphatic carbocycles. The van der Waals surface area contributed by atoms with E-state index in [1.165, 1.54) is 20.0 Å². The third-order valence-corrected chi connectivity index (χ3v) is 6.02. The van der Waals surface area contributed by atoms with Gasteiger partial charge in [-0.1, -0.05) is 0 Å². The van der Waals surface area contributed by atoms with Crippen molar-refractivity contribution in [3.05, 3.63) is 0 Å². The summed E-state index contributed by atoms with van der Waals surface area (Å²) in [6.45, 7) is 1.27. The van der Waals surface area contributed by atoms with Gasteiger partial charge in [0.1, 0.15) is 0 Å². The molecule has 136 valence electrons. The molecule has 0 aromatic carbocycles. The number of carbonyl (C=O) groups is 2. The normalized spacial score (nSPS) is 32.9. The van der Waals surface area contributed by atoms with Crippen LogP contribution < -0.4 is 10.6 Å². The summed E-state index contributed by atoms with van der Waals surface area (Å²) in [7, 11) is 5.68. The van der Waals surface area contributed by atoms with Crippen molar-refractivity contribution in [2.75, 3.05) is 34.3 Å². The molecule has 3 amide bonds. The molecule has 0 bridgehead atoms. The Balaban J connectivity index is 1.31. The van der Waals surface area contributed by atoms with E-state index < -0.39 is 0 Å². The minimum absolute atomic E-state index is 0.0603. The number of nitrogens with one attached hydrogen (secondary N) is 2. The van der Waals surface area contributed by atoms with Gasteiger partial charge in [-0.25, -0.2) is 9.59 Å². The van der Waals surface area contributed by atoms with Crippen molar-refractivity contribution in [3.8, 4) is 0 Å². The fraction of sp³-hybridized carbons (Fsp3) is 0.882. The molecule has 3 rings (SSSR count). The third-order valence-electron chi connectivity index (χ3n) is 6.02. The summed E-state index contributed by atoms with van der Waals surface area (Å²) in [5, 5.41) is 6.16. The average Bonchev–Trinajstić information content (AvgIpc) is 2.47. The zero-order valence-corrected chi connectivity index (χ0v) is 15.0. The highest BCUT2D eigenvalue weighted by molar-refractivity contribution is 5.75. The number of rotatable bonds is 3. The first-order chi connectivity index (χ1) is 11.4. The van der Waals surface area contributed by atoms with E-state index in [0.717, 1.165) is 31.7 Å². The number of urea groups is 1. The van der Waals surface area contributed by atoms with Gasteiger partial charge in [-0.2, -0.15) is 0 Å². The second-order valence-corrected chi connectivity index (χ2v) is 7.98. The maximum Gasteiger partial charge on any atom is 0.409 e. The van der Waals surface area contributed by atoms with Gasteiger partial charge in [0.05, 0.1) is 7.11 Å². The van der Waals surface area contributed by atoms with Crippen LogP contribution in [0.25, 0.3) is 0 Å². The quantitative estimate of drug-likeness (QED) is 0.815. The first kappa shape index (κ1) is 17.3. The summed E-state index contributed by atoms with van der Waals surface area (Å²) in [5.41, 5.74) is 0.499. The molecular formula is C17H30N4O3. The Morgan fingerprint density at radius 1 is 1.04 bits per heavy atom. The third kappa shape index (κ3) is 3.61. The average molecular weight is 338 g/mol. The fourth-order valence-electron chi connectivity index (χ4n) is 4.47. The summed E-state index contributed by atoms with van der Waals surface area (Å²) < 4.78 is 4.72. The number of hydrogen-bond donors (Lipinski definition) is 2. The van der Waals surface area contributed by atoms with Crippen LogP contribution in [0.4, 0.5) is 9.59 Å². The molecule has 1 heterocycles. The van der Waals surface area contributed by atoms with E-state index in [4.69, 9.17) is 4.74 Å². The molecule has 2 N–H and O–H groups in total. The molecule has 0 aromatic rings. The molecule has 1 spiro atoms. The molecule has 0 radical (unpaired) electrons. The maximum atomic E-state index is 12.1. The fourth-order valence-corrected chi connectivity index (χ4v) is 4.47. The van der Waals surface area contributed by atoms with E-state index >= 15 is 0 Å². The highest BCUT2D eigenvalue weighted by Gasteiger charge is 2.53. The molecule has 0 aromatic heterocycles. The van der Waals surface area contributed by atoms with Gasteiger partial charge in [0.15, 0.2) is 0 Å². The van der Waals surface area contributed by atoms with Crippen LogP contribution in [-0.2, 0) is 4.74 Å². The highest BCUT2D eigenvalue weighted by atomic mass is 16.5. The predicted molar refractivity (Wildman–Crippen MR) is 90.8 cm³/mol. The van der Waals surface area contributed by atoms with Crippen LogP contribution in [-0.4, -0.2) is 74.3 Å². The van der Waals surface area contributed by atoms with Crippen molar-refractivity contribution in [1.29, 1.82) is 0 Å². The molecule has 3 fully saturated rings. The summed E-state index contributed by atoms with van der Waals surface area (Å²) in [4.78, 5) is 27.6. The number of hydrogen-bond acceptors (Lipinski definition) is 4. The van der Waals surface area contributed by atoms with E-state index in [2.05, 4.69) is 29.6 Å². The lowest BCUT2D eigenvalue weighted by atomic mass is 9.52. The van der Waals surface area contributed by atoms with E-state index in [0.29, 0.717) is 24.5 Å². The first-order valence-electron chi connectivity index (χ1n) is 8.97. The Morgan fingerprint density at radius 3 is 2.17 bits per heavy atom. The molecule has 0 unspecified atom stereocenters. The van der Waals surface area contributed by atoms with Crippen molar-refractivity contribution in [2.24, 2.45) is 5.41 Å². The van der Waals surface area contributed by atoms with E-state index in [1.54, 1.807) is 4.90 Å². The summed E-state index contributed by atoms with van der Waals surface area (Å²) in [6, 6.07) is 1.12. The molecule has 7 heteroatoms. The van der Waals surface area contributed by atoms with Crippen molar-refractivity contribution in [1.82, 2.24) is 20.4 Å². The van der Waals surface area contributed by atoms with Gasteiger partial charge in [0, 0.05) is 31.2 Å². The van der Waals surface area contributed by atoms with E-state index in [-0.39, 0.29) is 18.2 Å². The van der Waals surface area contributed by atoms with Crippen molar-refractivity contribution in [2.45, 2.75) is 56.7 Å². The van der Waals surface area contributed by atoms with Crippen molar-refractivity contribution < 1.29 is 14.3 Å². The Morgan fingerprint density at radius 2 is 1.62 bits per heavy atom. The lowest BCUT2D eigenvalue weighted by molar-refractivity contribution is -0.0573. The second-order valence-electron chi connectivity index (χ2n) is 7.98. The minimum atomic E-state index is -0.283. The van der Waals surface area contributed by atoms with E-state index in [1.807, 2.05) is 0 Å². The van der Waals surface area contributed by atoms with Gasteiger partial charge < -0.3 is 25.2 Å². The summed E-state index contributed by atoms with van der Waals surface area (Å²) in [5.74, 6) is 0. The number of carbonyl (C=O) groups excluding carboxylic acids is 2. The zero-order chi connectivity index (χ0) is 17.3. The topological polar surface area (TPSA) is 73.9 Å². The number of methoxy groups -OCH3 is 1. The molecule has 0 atom stereocenters. The van der Waals surface area contributed by atoms with Gasteiger partial charge in [0.2, 0.25) is 0 Å². The monoisotopic (exact) mass is 338 g/mol. The zero-order valence-electron chi connectivity index (χ0n) is 15.0. The van der Waals surface area contributed by atoms with Crippen LogP contribution in [0.2, 0.25) is 0 Å². The number of likely N-dealkylation sites (tertiary alicyclic amines) is 1. The predicted octanol–water partition coefficient (Wildman–Crippen LogP) is 1.39. The molecule has 7 nitrogen and oxygen atoms in total. The number of ether oxygens (including phenoxy) is 1. The lowest BCUT2D eigenvalue weighted by Gasteiger charge is -2.59. The van der Waals surface area contributed by atoms with Gasteiger partial charge in [0.25, 0.3) is 0 Å². The molecular weight excluding hydrogens is 308 g/mol. The second kappa shape index (κ2) is 6.78. The SMILES string of the molecule is COC(=O)N1CCC(NC(=O)NC2CC3(C2)CC(N(C)C)C3)CC1. The number of piperidine rings is 1. The van der Waals surface area contributed by atoms with Gasteiger partial charge in [-0.05, 0) is 58.0 Å². The van der Waals surface area contributed by atoms with Crippen LogP contribution in [0.3, 0.4) is 0 Å². The largest absolute Gasteiger partial charge is 0.453 e. The van der Waals surface area contributed by atoms with Crippen molar-refractivity contribution in [3.63, 3.8) is 0 Å². The Hall–Kier alpha value is -1.50. The molecule has 3 aliphatic rings. The Labute approximate surface area is 144 Å². The Bertz CT molecular complexity index is 474. The van der Waals surface area contributed by atoms with Gasteiger partial charge in [-0.3, -0.25) is 0 Å². The van der Waals surface area contributed by atoms with Crippen LogP contribution in [0, 0.1) is 5.41 Å². The van der Waals surface area contributed by atoms with E-state index in [9.17, 15) is 9.59 Å². The van der Waals surface area contributed by atoms with Crippen LogP contribution >= 0.6 is 0 Å². The Kier molecular flexibility index (Phi) is 4.90. The lowest BCUT2D eigenvalue weighted by Crippen LogP contribution is -2.61. The molecule has 24 heavy (non-hydrogen) atoms.